The molecule has 0 amide bonds. The Bertz CT molecular complexity index is 691. The van der Waals surface area contributed by atoms with Crippen LogP contribution in [0.3, 0.4) is 0 Å². The summed E-state index contributed by atoms with van der Waals surface area (Å²) in [6.45, 7) is 6.70. The highest BCUT2D eigenvalue weighted by molar-refractivity contribution is 5.84. The third-order valence-electron chi connectivity index (χ3n) is 7.47. The molecule has 0 aromatic carbocycles. The summed E-state index contributed by atoms with van der Waals surface area (Å²) in [5, 5.41) is 10.0. The average molecular weight is 330 g/mol. The first-order valence-corrected chi connectivity index (χ1v) is 8.92. The molecule has 1 saturated carbocycles. The number of esters is 1. The lowest BCUT2D eigenvalue weighted by atomic mass is 9.50. The molecule has 2 aliphatic carbocycles. The van der Waals surface area contributed by atoms with Crippen molar-refractivity contribution < 1.29 is 19.1 Å². The van der Waals surface area contributed by atoms with E-state index in [1.54, 1.807) is 12.5 Å². The van der Waals surface area contributed by atoms with E-state index >= 15 is 0 Å². The summed E-state index contributed by atoms with van der Waals surface area (Å²) >= 11 is 0. The molecule has 0 unspecified atom stereocenters. The van der Waals surface area contributed by atoms with Crippen molar-refractivity contribution in [1.29, 1.82) is 0 Å². The molecular weight excluding hydrogens is 304 g/mol. The molecule has 24 heavy (non-hydrogen) atoms. The molecule has 4 nitrogen and oxygen atoms in total. The summed E-state index contributed by atoms with van der Waals surface area (Å²) in [5.74, 6) is 0.155. The van der Waals surface area contributed by atoms with Crippen LogP contribution in [0, 0.1) is 22.2 Å². The van der Waals surface area contributed by atoms with Crippen molar-refractivity contribution in [3.63, 3.8) is 0 Å². The predicted molar refractivity (Wildman–Crippen MR) is 89.0 cm³/mol. The zero-order valence-corrected chi connectivity index (χ0v) is 14.7. The maximum Gasteiger partial charge on any atom is 0.317 e. The Morgan fingerprint density at radius 2 is 2.17 bits per heavy atom. The van der Waals surface area contributed by atoms with E-state index in [9.17, 15) is 9.90 Å². The number of allylic oxidation sites excluding steroid dienone is 1. The molecule has 1 spiro atoms. The lowest BCUT2D eigenvalue weighted by Gasteiger charge is -2.52. The zero-order valence-electron chi connectivity index (χ0n) is 14.7. The molecule has 1 aromatic heterocycles. The summed E-state index contributed by atoms with van der Waals surface area (Å²) in [5.41, 5.74) is 1.26. The molecule has 1 aromatic rings. The first-order valence-electron chi connectivity index (χ1n) is 8.92. The summed E-state index contributed by atoms with van der Waals surface area (Å²) in [6, 6.07) is 1.88. The maximum atomic E-state index is 13.1. The van der Waals surface area contributed by atoms with Gasteiger partial charge in [-0.05, 0) is 42.2 Å². The maximum absolute atomic E-state index is 13.1. The van der Waals surface area contributed by atoms with Gasteiger partial charge in [0.1, 0.15) is 6.10 Å². The Morgan fingerprint density at radius 1 is 1.38 bits per heavy atom. The topological polar surface area (TPSA) is 59.7 Å². The lowest BCUT2D eigenvalue weighted by molar-refractivity contribution is -0.152. The van der Waals surface area contributed by atoms with Crippen molar-refractivity contribution in [3.05, 3.63) is 35.8 Å². The van der Waals surface area contributed by atoms with Gasteiger partial charge in [-0.15, -0.1) is 0 Å². The number of carbonyl (C=O) groups is 1. The minimum Gasteiger partial charge on any atom is -0.472 e. The molecule has 5 atom stereocenters. The van der Waals surface area contributed by atoms with Crippen LogP contribution in [0.15, 0.2) is 34.7 Å². The molecule has 2 fully saturated rings. The molecule has 0 radical (unpaired) electrons. The lowest BCUT2D eigenvalue weighted by Crippen LogP contribution is -2.50. The Balaban J connectivity index is 1.78. The van der Waals surface area contributed by atoms with Crippen LogP contribution in [0.4, 0.5) is 0 Å². The number of fused-ring (bicyclic) bond motifs is 2. The van der Waals surface area contributed by atoms with Crippen molar-refractivity contribution in [2.24, 2.45) is 22.2 Å². The SMILES string of the molecule is C[C@@H]1CC[C@@]2(C)C(=CC[C@@]2(C)CO)[C@@]12C[C@H](c1ccoc1)OC2=O. The second-order valence-electron chi connectivity index (χ2n) is 8.44. The number of aliphatic hydroxyl groups excluding tert-OH is 1. The number of aliphatic hydroxyl groups is 1. The number of ether oxygens (including phenoxy) is 1. The van der Waals surface area contributed by atoms with Gasteiger partial charge < -0.3 is 14.3 Å². The Kier molecular flexibility index (Phi) is 3.31. The van der Waals surface area contributed by atoms with E-state index in [0.29, 0.717) is 6.42 Å². The Morgan fingerprint density at radius 3 is 2.83 bits per heavy atom. The van der Waals surface area contributed by atoms with E-state index < -0.39 is 5.41 Å². The predicted octanol–water partition coefficient (Wildman–Crippen LogP) is 4.02. The molecule has 0 bridgehead atoms. The number of hydrogen-bond donors (Lipinski definition) is 1. The highest BCUT2D eigenvalue weighted by atomic mass is 16.6. The van der Waals surface area contributed by atoms with E-state index in [0.717, 1.165) is 24.8 Å². The van der Waals surface area contributed by atoms with Crippen LogP contribution in [0.1, 0.15) is 58.1 Å². The second-order valence-corrected chi connectivity index (χ2v) is 8.44. The summed E-state index contributed by atoms with van der Waals surface area (Å²) in [7, 11) is 0. The standard InChI is InChI=1S/C20H26O4/c1-13-4-8-19(3)16(5-7-18(19,2)12-21)20(13)10-15(24-17(20)22)14-6-9-23-11-14/h5-6,9,11,13,15,21H,4,7-8,10,12H2,1-3H3/t13-,15-,18+,19+,20-/m1/s1. The quantitative estimate of drug-likeness (QED) is 0.657. The van der Waals surface area contributed by atoms with E-state index in [4.69, 9.17) is 9.15 Å². The fraction of sp³-hybridized carbons (Fsp3) is 0.650. The molecule has 1 N–H and O–H groups in total. The van der Waals surface area contributed by atoms with Gasteiger partial charge in [0.2, 0.25) is 0 Å². The van der Waals surface area contributed by atoms with E-state index in [2.05, 4.69) is 26.8 Å². The fourth-order valence-electron chi connectivity index (χ4n) is 5.39. The molecule has 2 heterocycles. The van der Waals surface area contributed by atoms with Crippen LogP contribution in [-0.2, 0) is 9.53 Å². The smallest absolute Gasteiger partial charge is 0.317 e. The van der Waals surface area contributed by atoms with Gasteiger partial charge in [-0.25, -0.2) is 0 Å². The number of hydrogen-bond acceptors (Lipinski definition) is 4. The molecular formula is C20H26O4. The van der Waals surface area contributed by atoms with Crippen LogP contribution in [-0.4, -0.2) is 17.7 Å². The number of rotatable bonds is 2. The van der Waals surface area contributed by atoms with Crippen LogP contribution in [0.25, 0.3) is 0 Å². The molecule has 130 valence electrons. The highest BCUT2D eigenvalue weighted by Gasteiger charge is 2.65. The molecule has 4 rings (SSSR count). The van der Waals surface area contributed by atoms with Gasteiger partial charge in [0.05, 0.1) is 17.9 Å². The summed E-state index contributed by atoms with van der Waals surface area (Å²) < 4.78 is 11.0. The minimum atomic E-state index is -0.554. The van der Waals surface area contributed by atoms with Crippen molar-refractivity contribution in [3.8, 4) is 0 Å². The molecule has 3 aliphatic rings. The van der Waals surface area contributed by atoms with Crippen molar-refractivity contribution >= 4 is 5.97 Å². The highest BCUT2D eigenvalue weighted by Crippen LogP contribution is 2.68. The normalized spacial score (nSPS) is 44.5. The van der Waals surface area contributed by atoms with Crippen molar-refractivity contribution in [2.75, 3.05) is 6.61 Å². The van der Waals surface area contributed by atoms with E-state index in [1.165, 1.54) is 5.57 Å². The first kappa shape index (κ1) is 15.9. The van der Waals surface area contributed by atoms with Crippen LogP contribution < -0.4 is 0 Å². The van der Waals surface area contributed by atoms with E-state index in [-0.39, 0.29) is 35.4 Å². The van der Waals surface area contributed by atoms with Gasteiger partial charge in [-0.3, -0.25) is 4.79 Å². The Labute approximate surface area is 142 Å². The average Bonchev–Trinajstić information content (AvgIpc) is 3.25. The molecule has 4 heteroatoms. The van der Waals surface area contributed by atoms with Gasteiger partial charge in [0.15, 0.2) is 0 Å². The third kappa shape index (κ3) is 1.75. The third-order valence-corrected chi connectivity index (χ3v) is 7.47. The van der Waals surface area contributed by atoms with Gasteiger partial charge in [0.25, 0.3) is 0 Å². The van der Waals surface area contributed by atoms with Gasteiger partial charge in [-0.2, -0.15) is 0 Å². The number of furan rings is 1. The van der Waals surface area contributed by atoms with Gasteiger partial charge in [-0.1, -0.05) is 26.8 Å². The zero-order chi connectivity index (χ0) is 17.2. The summed E-state index contributed by atoms with van der Waals surface area (Å²) in [4.78, 5) is 13.1. The molecule has 1 aliphatic heterocycles. The second kappa shape index (κ2) is 4.98. The first-order chi connectivity index (χ1) is 11.4. The summed E-state index contributed by atoms with van der Waals surface area (Å²) in [6.07, 6.45) is 8.79. The van der Waals surface area contributed by atoms with Gasteiger partial charge in [0, 0.05) is 24.0 Å². The van der Waals surface area contributed by atoms with Crippen molar-refractivity contribution in [2.45, 2.75) is 52.6 Å². The fourth-order valence-corrected chi connectivity index (χ4v) is 5.39. The number of carbonyl (C=O) groups excluding carboxylic acids is 1. The number of cyclic esters (lactones) is 1. The van der Waals surface area contributed by atoms with Crippen molar-refractivity contribution in [1.82, 2.24) is 0 Å². The molecule has 1 saturated heterocycles. The Hall–Kier alpha value is -1.55. The van der Waals surface area contributed by atoms with Crippen LogP contribution in [0.2, 0.25) is 0 Å². The largest absolute Gasteiger partial charge is 0.472 e. The van der Waals surface area contributed by atoms with E-state index in [1.807, 2.05) is 6.07 Å². The van der Waals surface area contributed by atoms with Crippen LogP contribution in [0.5, 0.6) is 0 Å². The monoisotopic (exact) mass is 330 g/mol. The van der Waals surface area contributed by atoms with Crippen LogP contribution >= 0.6 is 0 Å². The minimum absolute atomic E-state index is 0.0967. The van der Waals surface area contributed by atoms with Gasteiger partial charge >= 0.3 is 5.97 Å².